The van der Waals surface area contributed by atoms with Crippen LogP contribution in [0.5, 0.6) is 0 Å². The molecular weight excluding hydrogens is 186 g/mol. The molecule has 0 spiro atoms. The smallest absolute Gasteiger partial charge is 0.225 e. The van der Waals surface area contributed by atoms with Gasteiger partial charge in [-0.2, -0.15) is 0 Å². The van der Waals surface area contributed by atoms with E-state index in [-0.39, 0.29) is 0 Å². The lowest BCUT2D eigenvalue weighted by Crippen LogP contribution is -2.32. The number of nitrogens with zero attached hydrogens (tertiary/aromatic N) is 3. The van der Waals surface area contributed by atoms with Crippen molar-refractivity contribution in [3.63, 3.8) is 0 Å². The second kappa shape index (κ2) is 5.49. The molecule has 0 fully saturated rings. The van der Waals surface area contributed by atoms with Crippen molar-refractivity contribution >= 4 is 5.95 Å². The van der Waals surface area contributed by atoms with Crippen molar-refractivity contribution in [1.82, 2.24) is 9.97 Å². The summed E-state index contributed by atoms with van der Waals surface area (Å²) in [6.07, 6.45) is 5.75. The van der Waals surface area contributed by atoms with Crippen LogP contribution in [0.1, 0.15) is 27.7 Å². The van der Waals surface area contributed by atoms with Crippen molar-refractivity contribution in [2.24, 2.45) is 0 Å². The highest BCUT2D eigenvalue weighted by Gasteiger charge is 2.10. The van der Waals surface area contributed by atoms with Crippen LogP contribution in [0.4, 0.5) is 5.95 Å². The van der Waals surface area contributed by atoms with E-state index < -0.39 is 0 Å². The largest absolute Gasteiger partial charge is 0.335 e. The number of hydrogen-bond acceptors (Lipinski definition) is 3. The maximum atomic E-state index is 4.26. The van der Waals surface area contributed by atoms with Crippen LogP contribution in [0.2, 0.25) is 0 Å². The number of hydrogen-bond donors (Lipinski definition) is 0. The first-order valence-electron chi connectivity index (χ1n) is 5.28. The molecule has 82 valence electrons. The van der Waals surface area contributed by atoms with Gasteiger partial charge in [0.25, 0.3) is 0 Å². The number of rotatable bonds is 4. The second-order valence-corrected chi connectivity index (χ2v) is 4.08. The zero-order valence-electron chi connectivity index (χ0n) is 9.94. The Balaban J connectivity index is 2.80. The summed E-state index contributed by atoms with van der Waals surface area (Å²) < 4.78 is 0. The third kappa shape index (κ3) is 3.70. The van der Waals surface area contributed by atoms with Gasteiger partial charge in [-0.25, -0.2) is 9.97 Å². The summed E-state index contributed by atoms with van der Waals surface area (Å²) in [5.41, 5.74) is 1.32. The third-order valence-corrected chi connectivity index (χ3v) is 2.13. The fourth-order valence-electron chi connectivity index (χ4n) is 1.24. The molecule has 0 aliphatic heterocycles. The van der Waals surface area contributed by atoms with Crippen LogP contribution >= 0.6 is 0 Å². The lowest BCUT2D eigenvalue weighted by Gasteiger charge is -2.25. The summed E-state index contributed by atoms with van der Waals surface area (Å²) in [4.78, 5) is 10.7. The molecule has 0 unspecified atom stereocenters. The number of allylic oxidation sites excluding steroid dienone is 1. The molecule has 0 saturated heterocycles. The normalized spacial score (nSPS) is 10.2. The number of anilines is 1. The van der Waals surface area contributed by atoms with E-state index >= 15 is 0 Å². The summed E-state index contributed by atoms with van der Waals surface area (Å²) in [5.74, 6) is 0.796. The first-order valence-corrected chi connectivity index (χ1v) is 5.28. The molecule has 0 bridgehead atoms. The van der Waals surface area contributed by atoms with Gasteiger partial charge in [-0.15, -0.1) is 0 Å². The van der Waals surface area contributed by atoms with Crippen molar-refractivity contribution in [2.45, 2.75) is 33.7 Å². The zero-order valence-corrected chi connectivity index (χ0v) is 9.94. The van der Waals surface area contributed by atoms with E-state index in [0.717, 1.165) is 12.5 Å². The Morgan fingerprint density at radius 1 is 1.33 bits per heavy atom. The van der Waals surface area contributed by atoms with Crippen molar-refractivity contribution in [2.75, 3.05) is 11.4 Å². The topological polar surface area (TPSA) is 29.0 Å². The van der Waals surface area contributed by atoms with Gasteiger partial charge in [0.15, 0.2) is 0 Å². The molecule has 0 N–H and O–H groups in total. The Labute approximate surface area is 91.9 Å². The molecule has 1 aromatic heterocycles. The monoisotopic (exact) mass is 205 g/mol. The van der Waals surface area contributed by atoms with Gasteiger partial charge in [-0.3, -0.25) is 0 Å². The van der Waals surface area contributed by atoms with Crippen LogP contribution < -0.4 is 4.90 Å². The third-order valence-electron chi connectivity index (χ3n) is 2.13. The average molecular weight is 205 g/mol. The standard InChI is InChI=1S/C12H19N3/c1-10(2)6-9-15(11(3)4)12-13-7-5-8-14-12/h5-8,11H,9H2,1-4H3. The molecule has 0 radical (unpaired) electrons. The summed E-state index contributed by atoms with van der Waals surface area (Å²) in [6, 6.07) is 2.24. The van der Waals surface area contributed by atoms with E-state index in [0.29, 0.717) is 6.04 Å². The summed E-state index contributed by atoms with van der Waals surface area (Å²) in [7, 11) is 0. The van der Waals surface area contributed by atoms with Crippen LogP contribution in [0.3, 0.4) is 0 Å². The van der Waals surface area contributed by atoms with E-state index in [4.69, 9.17) is 0 Å². The second-order valence-electron chi connectivity index (χ2n) is 4.08. The van der Waals surface area contributed by atoms with Crippen molar-refractivity contribution in [3.8, 4) is 0 Å². The summed E-state index contributed by atoms with van der Waals surface area (Å²) in [6.45, 7) is 9.36. The quantitative estimate of drug-likeness (QED) is 0.708. The van der Waals surface area contributed by atoms with Crippen LogP contribution in [0.25, 0.3) is 0 Å². The molecule has 15 heavy (non-hydrogen) atoms. The Kier molecular flexibility index (Phi) is 4.28. The van der Waals surface area contributed by atoms with E-state index in [1.165, 1.54) is 5.57 Å². The summed E-state index contributed by atoms with van der Waals surface area (Å²) in [5, 5.41) is 0. The maximum Gasteiger partial charge on any atom is 0.225 e. The van der Waals surface area contributed by atoms with Gasteiger partial charge in [-0.1, -0.05) is 11.6 Å². The highest BCUT2D eigenvalue weighted by atomic mass is 15.3. The lowest BCUT2D eigenvalue weighted by molar-refractivity contribution is 0.697. The molecule has 0 aliphatic carbocycles. The fourth-order valence-corrected chi connectivity index (χ4v) is 1.24. The molecule has 1 rings (SSSR count). The minimum Gasteiger partial charge on any atom is -0.335 e. The summed E-state index contributed by atoms with van der Waals surface area (Å²) >= 11 is 0. The highest BCUT2D eigenvalue weighted by molar-refractivity contribution is 5.31. The van der Waals surface area contributed by atoms with E-state index in [2.05, 4.69) is 48.6 Å². The number of aromatic nitrogens is 2. The van der Waals surface area contributed by atoms with Crippen LogP contribution in [-0.2, 0) is 0 Å². The van der Waals surface area contributed by atoms with Crippen LogP contribution in [0, 0.1) is 0 Å². The molecule has 3 nitrogen and oxygen atoms in total. The van der Waals surface area contributed by atoms with Crippen molar-refractivity contribution in [3.05, 3.63) is 30.1 Å². The molecular formula is C12H19N3. The zero-order chi connectivity index (χ0) is 11.3. The van der Waals surface area contributed by atoms with Gasteiger partial charge in [0.05, 0.1) is 0 Å². The lowest BCUT2D eigenvalue weighted by atomic mass is 10.3. The van der Waals surface area contributed by atoms with Gasteiger partial charge < -0.3 is 4.90 Å². The Morgan fingerprint density at radius 2 is 1.93 bits per heavy atom. The predicted octanol–water partition coefficient (Wildman–Crippen LogP) is 2.66. The minimum absolute atomic E-state index is 0.406. The molecule has 0 atom stereocenters. The highest BCUT2D eigenvalue weighted by Crippen LogP contribution is 2.09. The molecule has 0 amide bonds. The van der Waals surface area contributed by atoms with Crippen LogP contribution in [0.15, 0.2) is 30.1 Å². The fraction of sp³-hybridized carbons (Fsp3) is 0.500. The van der Waals surface area contributed by atoms with Crippen LogP contribution in [-0.4, -0.2) is 22.6 Å². The SMILES string of the molecule is CC(C)=CCN(c1ncccn1)C(C)C. The van der Waals surface area contributed by atoms with Gasteiger partial charge in [-0.05, 0) is 33.8 Å². The first-order chi connectivity index (χ1) is 7.11. The van der Waals surface area contributed by atoms with Gasteiger partial charge >= 0.3 is 0 Å². The average Bonchev–Trinajstić information content (AvgIpc) is 2.18. The van der Waals surface area contributed by atoms with E-state index in [1.807, 2.05) is 6.07 Å². The molecule has 0 aromatic carbocycles. The Bertz CT molecular complexity index is 313. The van der Waals surface area contributed by atoms with Gasteiger partial charge in [0.1, 0.15) is 0 Å². The van der Waals surface area contributed by atoms with Crippen molar-refractivity contribution in [1.29, 1.82) is 0 Å². The molecule has 1 aromatic rings. The first kappa shape index (κ1) is 11.7. The Morgan fingerprint density at radius 3 is 2.40 bits per heavy atom. The van der Waals surface area contributed by atoms with Crippen molar-refractivity contribution < 1.29 is 0 Å². The predicted molar refractivity (Wildman–Crippen MR) is 63.9 cm³/mol. The molecule has 0 aliphatic rings. The van der Waals surface area contributed by atoms with E-state index in [1.54, 1.807) is 12.4 Å². The molecule has 1 heterocycles. The molecule has 0 saturated carbocycles. The maximum absolute atomic E-state index is 4.26. The van der Waals surface area contributed by atoms with Gasteiger partial charge in [0.2, 0.25) is 5.95 Å². The van der Waals surface area contributed by atoms with Gasteiger partial charge in [0, 0.05) is 25.0 Å². The Hall–Kier alpha value is -1.38. The van der Waals surface area contributed by atoms with E-state index in [9.17, 15) is 0 Å². The molecule has 3 heteroatoms. The minimum atomic E-state index is 0.406.